The third-order valence-electron chi connectivity index (χ3n) is 5.64. The number of ether oxygens (including phenoxy) is 1. The third-order valence-corrected chi connectivity index (χ3v) is 5.88. The number of piperazine rings is 1. The molecule has 8 nitrogen and oxygen atoms in total. The van der Waals surface area contributed by atoms with Crippen LogP contribution >= 0.6 is 11.6 Å². The van der Waals surface area contributed by atoms with Crippen LogP contribution in [-0.4, -0.2) is 41.1 Å². The van der Waals surface area contributed by atoms with E-state index >= 15 is 0 Å². The van der Waals surface area contributed by atoms with E-state index in [4.69, 9.17) is 16.3 Å². The molecule has 0 amide bonds. The fraction of sp³-hybridized carbons (Fsp3) is 0.167. The Labute approximate surface area is 195 Å². The number of fused-ring (bicyclic) bond motifs is 1. The zero-order chi connectivity index (χ0) is 22.8. The van der Waals surface area contributed by atoms with Gasteiger partial charge in [0.25, 0.3) is 0 Å². The first-order valence-corrected chi connectivity index (χ1v) is 10.9. The molecule has 0 spiro atoms. The summed E-state index contributed by atoms with van der Waals surface area (Å²) >= 11 is 6.12. The molecule has 0 aliphatic carbocycles. The lowest BCUT2D eigenvalue weighted by Gasteiger charge is -2.36. The van der Waals surface area contributed by atoms with E-state index in [2.05, 4.69) is 14.9 Å². The average molecular weight is 462 g/mol. The minimum Gasteiger partial charge on any atom is -0.434 e. The first-order chi connectivity index (χ1) is 16.1. The van der Waals surface area contributed by atoms with E-state index in [-0.39, 0.29) is 17.4 Å². The number of halogens is 1. The predicted molar refractivity (Wildman–Crippen MR) is 129 cm³/mol. The van der Waals surface area contributed by atoms with Gasteiger partial charge >= 0.3 is 11.6 Å². The van der Waals surface area contributed by atoms with Crippen LogP contribution in [0.1, 0.15) is 0 Å². The Bertz CT molecular complexity index is 1320. The molecule has 1 saturated heterocycles. The van der Waals surface area contributed by atoms with Crippen LogP contribution in [0.25, 0.3) is 10.8 Å². The van der Waals surface area contributed by atoms with Gasteiger partial charge in [-0.1, -0.05) is 48.0 Å². The van der Waals surface area contributed by atoms with Crippen molar-refractivity contribution in [2.75, 3.05) is 36.0 Å². The number of rotatable bonds is 5. The molecule has 4 aromatic rings. The topological polar surface area (TPSA) is 84.6 Å². The highest BCUT2D eigenvalue weighted by molar-refractivity contribution is 6.30. The van der Waals surface area contributed by atoms with E-state index in [9.17, 15) is 10.1 Å². The molecular weight excluding hydrogens is 442 g/mol. The van der Waals surface area contributed by atoms with Crippen molar-refractivity contribution in [2.45, 2.75) is 0 Å². The molecule has 1 aliphatic heterocycles. The molecule has 33 heavy (non-hydrogen) atoms. The van der Waals surface area contributed by atoms with Gasteiger partial charge in [0, 0.05) is 36.9 Å². The fourth-order valence-corrected chi connectivity index (χ4v) is 4.20. The molecule has 1 fully saturated rings. The summed E-state index contributed by atoms with van der Waals surface area (Å²) in [5.74, 6) is 0.668. The monoisotopic (exact) mass is 461 g/mol. The van der Waals surface area contributed by atoms with E-state index in [1.165, 1.54) is 6.33 Å². The average Bonchev–Trinajstić information content (AvgIpc) is 2.84. The summed E-state index contributed by atoms with van der Waals surface area (Å²) in [6.07, 6.45) is 1.31. The summed E-state index contributed by atoms with van der Waals surface area (Å²) in [5.41, 5.74) is 0.793. The van der Waals surface area contributed by atoms with Gasteiger partial charge in [0.1, 0.15) is 12.1 Å². The van der Waals surface area contributed by atoms with Gasteiger partial charge in [-0.25, -0.2) is 4.98 Å². The van der Waals surface area contributed by atoms with Crippen molar-refractivity contribution in [1.82, 2.24) is 9.97 Å². The number of hydrogen-bond donors (Lipinski definition) is 0. The van der Waals surface area contributed by atoms with Gasteiger partial charge in [-0.05, 0) is 41.1 Å². The summed E-state index contributed by atoms with van der Waals surface area (Å²) in [6, 6.07) is 21.0. The van der Waals surface area contributed by atoms with Crippen molar-refractivity contribution >= 4 is 39.6 Å². The van der Waals surface area contributed by atoms with Gasteiger partial charge in [0.05, 0.1) is 4.92 Å². The lowest BCUT2D eigenvalue weighted by Crippen LogP contribution is -2.47. The number of benzene rings is 3. The van der Waals surface area contributed by atoms with E-state index in [1.807, 2.05) is 65.6 Å². The van der Waals surface area contributed by atoms with Crippen LogP contribution in [0.4, 0.5) is 17.2 Å². The molecule has 0 N–H and O–H groups in total. The minimum atomic E-state index is -0.477. The van der Waals surface area contributed by atoms with Gasteiger partial charge < -0.3 is 14.5 Å². The third kappa shape index (κ3) is 4.38. The van der Waals surface area contributed by atoms with Crippen molar-refractivity contribution in [3.63, 3.8) is 0 Å². The number of anilines is 2. The SMILES string of the molecule is O=[N+]([O-])c1c(Oc2ccc3ccccc3c2)ncnc1N1CCN(c2cccc(Cl)c2)CC1. The first-order valence-electron chi connectivity index (χ1n) is 10.5. The zero-order valence-electron chi connectivity index (χ0n) is 17.6. The van der Waals surface area contributed by atoms with Gasteiger partial charge in [0.2, 0.25) is 5.82 Å². The highest BCUT2D eigenvalue weighted by atomic mass is 35.5. The minimum absolute atomic E-state index is 0.0717. The van der Waals surface area contributed by atoms with Crippen LogP contribution in [0.5, 0.6) is 11.6 Å². The molecule has 3 aromatic carbocycles. The van der Waals surface area contributed by atoms with Crippen molar-refractivity contribution in [3.8, 4) is 11.6 Å². The standard InChI is InChI=1S/C24H20ClN5O3/c25-19-6-3-7-20(15-19)28-10-12-29(13-11-28)23-22(30(31)32)24(27-16-26-23)33-21-9-8-17-4-1-2-5-18(17)14-21/h1-9,14-16H,10-13H2. The number of aromatic nitrogens is 2. The molecule has 0 saturated carbocycles. The van der Waals surface area contributed by atoms with Crippen LogP contribution in [0.2, 0.25) is 5.02 Å². The van der Waals surface area contributed by atoms with Crippen LogP contribution in [0, 0.1) is 10.1 Å². The fourth-order valence-electron chi connectivity index (χ4n) is 4.01. The van der Waals surface area contributed by atoms with Crippen LogP contribution in [-0.2, 0) is 0 Å². The lowest BCUT2D eigenvalue weighted by molar-refractivity contribution is -0.385. The second kappa shape index (κ2) is 8.91. The largest absolute Gasteiger partial charge is 0.434 e. The first kappa shape index (κ1) is 21.0. The Balaban J connectivity index is 1.39. The summed E-state index contributed by atoms with van der Waals surface area (Å²) in [7, 11) is 0. The van der Waals surface area contributed by atoms with Crippen molar-refractivity contribution in [2.24, 2.45) is 0 Å². The smallest absolute Gasteiger partial charge is 0.373 e. The second-order valence-electron chi connectivity index (χ2n) is 7.67. The van der Waals surface area contributed by atoms with Crippen LogP contribution in [0.3, 0.4) is 0 Å². The molecule has 0 radical (unpaired) electrons. The normalized spacial score (nSPS) is 13.8. The maximum Gasteiger partial charge on any atom is 0.373 e. The second-order valence-corrected chi connectivity index (χ2v) is 8.11. The van der Waals surface area contributed by atoms with E-state index in [1.54, 1.807) is 6.07 Å². The highest BCUT2D eigenvalue weighted by Gasteiger charge is 2.30. The van der Waals surface area contributed by atoms with Crippen molar-refractivity contribution in [3.05, 3.63) is 88.2 Å². The number of hydrogen-bond acceptors (Lipinski definition) is 7. The van der Waals surface area contributed by atoms with E-state index in [0.717, 1.165) is 16.5 Å². The molecule has 0 atom stereocenters. The molecular formula is C24H20ClN5O3. The molecule has 1 aliphatic rings. The Morgan fingerprint density at radius 3 is 2.39 bits per heavy atom. The lowest BCUT2D eigenvalue weighted by atomic mass is 10.1. The summed E-state index contributed by atoms with van der Waals surface area (Å²) < 4.78 is 5.87. The quantitative estimate of drug-likeness (QED) is 0.294. The van der Waals surface area contributed by atoms with Gasteiger partial charge in [-0.15, -0.1) is 0 Å². The maximum absolute atomic E-state index is 12.0. The molecule has 5 rings (SSSR count). The molecule has 0 unspecified atom stereocenters. The van der Waals surface area contributed by atoms with Crippen LogP contribution in [0.15, 0.2) is 73.1 Å². The number of nitro groups is 1. The molecule has 1 aromatic heterocycles. The molecule has 2 heterocycles. The summed E-state index contributed by atoms with van der Waals surface area (Å²) in [4.78, 5) is 23.9. The summed E-state index contributed by atoms with van der Waals surface area (Å²) in [6.45, 7) is 2.50. The molecule has 166 valence electrons. The van der Waals surface area contributed by atoms with Gasteiger partial charge in [0.15, 0.2) is 0 Å². The predicted octanol–water partition coefficient (Wildman–Crippen LogP) is 5.31. The van der Waals surface area contributed by atoms with Crippen LogP contribution < -0.4 is 14.5 Å². The van der Waals surface area contributed by atoms with Gasteiger partial charge in [-0.3, -0.25) is 10.1 Å². The summed E-state index contributed by atoms with van der Waals surface area (Å²) in [5, 5.41) is 14.7. The van der Waals surface area contributed by atoms with Crippen molar-refractivity contribution < 1.29 is 9.66 Å². The van der Waals surface area contributed by atoms with Crippen molar-refractivity contribution in [1.29, 1.82) is 0 Å². The van der Waals surface area contributed by atoms with E-state index < -0.39 is 4.92 Å². The maximum atomic E-state index is 12.0. The van der Waals surface area contributed by atoms with Gasteiger partial charge in [-0.2, -0.15) is 4.98 Å². The Morgan fingerprint density at radius 2 is 1.64 bits per heavy atom. The Morgan fingerprint density at radius 1 is 0.879 bits per heavy atom. The van der Waals surface area contributed by atoms with E-state index in [0.29, 0.717) is 37.0 Å². The number of nitrogens with zero attached hydrogens (tertiary/aromatic N) is 5. The Kier molecular flexibility index (Phi) is 5.66. The molecule has 0 bridgehead atoms. The Hall–Kier alpha value is -3.91. The zero-order valence-corrected chi connectivity index (χ0v) is 18.4. The molecule has 9 heteroatoms. The highest BCUT2D eigenvalue weighted by Crippen LogP contribution is 2.37.